The normalized spacial score (nSPS) is 14.8. The molecular weight excluding hydrogens is 298 g/mol. The molecule has 0 bridgehead atoms. The van der Waals surface area contributed by atoms with Gasteiger partial charge in [-0.15, -0.1) is 0 Å². The maximum absolute atomic E-state index is 12.0. The molecule has 124 valence electrons. The largest absolute Gasteiger partial charge is 0.399 e. The van der Waals surface area contributed by atoms with Gasteiger partial charge in [-0.05, 0) is 67.3 Å². The van der Waals surface area contributed by atoms with E-state index in [4.69, 9.17) is 5.73 Å². The van der Waals surface area contributed by atoms with Crippen molar-refractivity contribution < 1.29 is 4.79 Å². The van der Waals surface area contributed by atoms with Crippen LogP contribution in [0.15, 0.2) is 54.6 Å². The van der Waals surface area contributed by atoms with Gasteiger partial charge in [-0.2, -0.15) is 0 Å². The van der Waals surface area contributed by atoms with Crippen LogP contribution in [0.3, 0.4) is 0 Å². The second-order valence-electron chi connectivity index (χ2n) is 6.08. The molecule has 0 spiro atoms. The number of nitrogens with two attached hydrogens (primary N) is 1. The number of carbonyl (C=O) groups excluding carboxylic acids is 1. The van der Waals surface area contributed by atoms with Crippen molar-refractivity contribution in [1.29, 1.82) is 0 Å². The number of hydrogen-bond donors (Lipinski definition) is 2. The Labute approximate surface area is 143 Å². The van der Waals surface area contributed by atoms with Gasteiger partial charge in [0.05, 0.1) is 0 Å². The second kappa shape index (κ2) is 7.68. The molecule has 3 N–H and O–H groups in total. The van der Waals surface area contributed by atoms with Crippen LogP contribution in [0.2, 0.25) is 0 Å². The van der Waals surface area contributed by atoms with Crippen molar-refractivity contribution >= 4 is 29.0 Å². The van der Waals surface area contributed by atoms with E-state index in [1.54, 1.807) is 6.08 Å². The van der Waals surface area contributed by atoms with Crippen LogP contribution >= 0.6 is 0 Å². The van der Waals surface area contributed by atoms with Crippen molar-refractivity contribution in [2.24, 2.45) is 0 Å². The van der Waals surface area contributed by atoms with Crippen molar-refractivity contribution in [2.45, 2.75) is 19.3 Å². The Hall–Kier alpha value is -2.75. The summed E-state index contributed by atoms with van der Waals surface area (Å²) in [5, 5.41) is 2.88. The summed E-state index contributed by atoms with van der Waals surface area (Å²) >= 11 is 0. The summed E-state index contributed by atoms with van der Waals surface area (Å²) in [7, 11) is 0. The van der Waals surface area contributed by atoms with Gasteiger partial charge in [-0.1, -0.05) is 12.1 Å². The van der Waals surface area contributed by atoms with E-state index in [0.29, 0.717) is 5.69 Å². The zero-order valence-corrected chi connectivity index (χ0v) is 13.7. The van der Waals surface area contributed by atoms with E-state index >= 15 is 0 Å². The first-order valence-corrected chi connectivity index (χ1v) is 8.40. The zero-order chi connectivity index (χ0) is 16.8. The molecule has 0 saturated carbocycles. The molecule has 0 aliphatic carbocycles. The third-order valence-electron chi connectivity index (χ3n) is 4.22. The summed E-state index contributed by atoms with van der Waals surface area (Å²) in [5.74, 6) is -0.141. The highest BCUT2D eigenvalue weighted by Crippen LogP contribution is 2.21. The Kier molecular flexibility index (Phi) is 5.16. The van der Waals surface area contributed by atoms with Crippen LogP contribution in [-0.2, 0) is 4.79 Å². The lowest BCUT2D eigenvalue weighted by molar-refractivity contribution is -0.111. The second-order valence-corrected chi connectivity index (χ2v) is 6.08. The van der Waals surface area contributed by atoms with E-state index in [9.17, 15) is 4.79 Å². The van der Waals surface area contributed by atoms with Gasteiger partial charge in [0.25, 0.3) is 0 Å². The number of nitrogen functional groups attached to an aromatic ring is 1. The summed E-state index contributed by atoms with van der Waals surface area (Å²) in [6.07, 6.45) is 7.15. The molecule has 1 aliphatic heterocycles. The molecule has 0 atom stereocenters. The fourth-order valence-electron chi connectivity index (χ4n) is 2.87. The monoisotopic (exact) mass is 321 g/mol. The highest BCUT2D eigenvalue weighted by Gasteiger charge is 2.10. The molecule has 2 aromatic carbocycles. The van der Waals surface area contributed by atoms with E-state index in [2.05, 4.69) is 22.3 Å². The molecule has 24 heavy (non-hydrogen) atoms. The first-order chi connectivity index (χ1) is 11.7. The number of piperidine rings is 1. The van der Waals surface area contributed by atoms with Crippen molar-refractivity contribution in [3.05, 3.63) is 60.2 Å². The van der Waals surface area contributed by atoms with Gasteiger partial charge in [0, 0.05) is 36.2 Å². The van der Waals surface area contributed by atoms with Crippen molar-refractivity contribution in [3.8, 4) is 0 Å². The Morgan fingerprint density at radius 1 is 0.958 bits per heavy atom. The number of rotatable bonds is 4. The van der Waals surface area contributed by atoms with Gasteiger partial charge in [-0.3, -0.25) is 4.79 Å². The minimum atomic E-state index is -0.141. The summed E-state index contributed by atoms with van der Waals surface area (Å²) in [6.45, 7) is 2.24. The molecular formula is C20H23N3O. The molecule has 1 fully saturated rings. The highest BCUT2D eigenvalue weighted by atomic mass is 16.1. The van der Waals surface area contributed by atoms with Crippen molar-refractivity contribution in [1.82, 2.24) is 0 Å². The van der Waals surface area contributed by atoms with Crippen molar-refractivity contribution in [2.75, 3.05) is 29.0 Å². The highest BCUT2D eigenvalue weighted by molar-refractivity contribution is 6.02. The van der Waals surface area contributed by atoms with E-state index in [0.717, 1.165) is 24.3 Å². The number of benzene rings is 2. The number of carbonyl (C=O) groups is 1. The van der Waals surface area contributed by atoms with E-state index < -0.39 is 0 Å². The van der Waals surface area contributed by atoms with E-state index in [1.807, 2.05) is 36.4 Å². The number of hydrogen-bond acceptors (Lipinski definition) is 3. The first-order valence-electron chi connectivity index (χ1n) is 8.40. The zero-order valence-electron chi connectivity index (χ0n) is 13.7. The van der Waals surface area contributed by atoms with Crippen LogP contribution in [0.4, 0.5) is 17.1 Å². The summed E-state index contributed by atoms with van der Waals surface area (Å²) in [6, 6.07) is 15.5. The van der Waals surface area contributed by atoms with Crippen molar-refractivity contribution in [3.63, 3.8) is 0 Å². The molecule has 1 aliphatic rings. The van der Waals surface area contributed by atoms with Gasteiger partial charge in [-0.25, -0.2) is 0 Å². The van der Waals surface area contributed by atoms with Crippen LogP contribution in [0.5, 0.6) is 0 Å². The predicted octanol–water partition coefficient (Wildman–Crippen LogP) is 3.91. The van der Waals surface area contributed by atoms with Crippen LogP contribution in [0, 0.1) is 0 Å². The van der Waals surface area contributed by atoms with Gasteiger partial charge >= 0.3 is 0 Å². The maximum Gasteiger partial charge on any atom is 0.248 e. The van der Waals surface area contributed by atoms with E-state index in [-0.39, 0.29) is 5.91 Å². The maximum atomic E-state index is 12.0. The smallest absolute Gasteiger partial charge is 0.248 e. The molecule has 2 aromatic rings. The Morgan fingerprint density at radius 2 is 1.62 bits per heavy atom. The predicted molar refractivity (Wildman–Crippen MR) is 101 cm³/mol. The Bertz CT molecular complexity index is 699. The molecule has 0 aromatic heterocycles. The van der Waals surface area contributed by atoms with Crippen LogP contribution in [-0.4, -0.2) is 19.0 Å². The summed E-state index contributed by atoms with van der Waals surface area (Å²) in [5.41, 5.74) is 9.34. The molecule has 0 radical (unpaired) electrons. The average Bonchev–Trinajstić information content (AvgIpc) is 2.63. The molecule has 1 saturated heterocycles. The number of nitrogens with one attached hydrogen (secondary N) is 1. The third kappa shape index (κ3) is 4.38. The standard InChI is InChI=1S/C20H23N3O/c21-17-7-4-16(5-8-17)6-13-20(24)22-18-9-11-19(12-10-18)23-14-2-1-3-15-23/h4-13H,1-3,14-15,21H2,(H,22,24)/b13-6+. The quantitative estimate of drug-likeness (QED) is 0.663. The fourth-order valence-corrected chi connectivity index (χ4v) is 2.87. The van der Waals surface area contributed by atoms with Gasteiger partial charge in [0.1, 0.15) is 0 Å². The third-order valence-corrected chi connectivity index (χ3v) is 4.22. The number of nitrogens with zero attached hydrogens (tertiary/aromatic N) is 1. The lowest BCUT2D eigenvalue weighted by atomic mass is 10.1. The summed E-state index contributed by atoms with van der Waals surface area (Å²) in [4.78, 5) is 14.4. The molecule has 0 unspecified atom stereocenters. The average molecular weight is 321 g/mol. The Balaban J connectivity index is 1.57. The number of anilines is 3. The molecule has 3 rings (SSSR count). The van der Waals surface area contributed by atoms with Gasteiger partial charge in [0.15, 0.2) is 0 Å². The topological polar surface area (TPSA) is 58.4 Å². The minimum Gasteiger partial charge on any atom is -0.399 e. The van der Waals surface area contributed by atoms with Crippen LogP contribution in [0.1, 0.15) is 24.8 Å². The lowest BCUT2D eigenvalue weighted by Gasteiger charge is -2.28. The van der Waals surface area contributed by atoms with Crippen LogP contribution < -0.4 is 16.0 Å². The summed E-state index contributed by atoms with van der Waals surface area (Å²) < 4.78 is 0. The SMILES string of the molecule is Nc1ccc(/C=C/C(=O)Nc2ccc(N3CCCCC3)cc2)cc1. The van der Waals surface area contributed by atoms with Gasteiger partial charge < -0.3 is 16.0 Å². The Morgan fingerprint density at radius 3 is 2.29 bits per heavy atom. The number of amides is 1. The molecule has 4 nitrogen and oxygen atoms in total. The molecule has 4 heteroatoms. The molecule has 1 heterocycles. The van der Waals surface area contributed by atoms with Crippen LogP contribution in [0.25, 0.3) is 6.08 Å². The fraction of sp³-hybridized carbons (Fsp3) is 0.250. The molecule has 1 amide bonds. The minimum absolute atomic E-state index is 0.141. The van der Waals surface area contributed by atoms with E-state index in [1.165, 1.54) is 31.0 Å². The lowest BCUT2D eigenvalue weighted by Crippen LogP contribution is -2.29. The first kappa shape index (κ1) is 16.1. The van der Waals surface area contributed by atoms with Gasteiger partial charge in [0.2, 0.25) is 5.91 Å².